The van der Waals surface area contributed by atoms with Gasteiger partial charge in [0, 0.05) is 50.4 Å². The molecule has 0 N–H and O–H groups in total. The summed E-state index contributed by atoms with van der Waals surface area (Å²) in [6, 6.07) is 54.0. The second-order valence-electron chi connectivity index (χ2n) is 20.2. The first-order valence-corrected chi connectivity index (χ1v) is 22.0. The van der Waals surface area contributed by atoms with E-state index in [4.69, 9.17) is 0 Å². The number of nitrogens with zero attached hydrogens (tertiary/aromatic N) is 2. The minimum Gasteiger partial charge on any atom is -0.314 e. The van der Waals surface area contributed by atoms with Gasteiger partial charge in [0.05, 0.1) is 0 Å². The zero-order valence-electron chi connectivity index (χ0n) is 36.1. The van der Waals surface area contributed by atoms with Crippen LogP contribution in [0.4, 0.5) is 28.4 Å². The summed E-state index contributed by atoms with van der Waals surface area (Å²) < 4.78 is 0. The minimum atomic E-state index is -0.225. The standard InChI is InChI=1S/C58H52N2/c1-55(2)41-29-30-42-50-49(41)51-47-43(55)31-39(59(35-21-13-9-14-22-35)36-23-15-10-16-24-36)33-45(47)57(5,6)53(51)54-52(50)48-44(56(42,3)4)32-40(34-46(48)58(54,7)8)60(37-25-17-11-18-26-37)38-27-19-12-20-28-38/h9-33,46H,34H2,1-8H3. The van der Waals surface area contributed by atoms with Crippen LogP contribution in [-0.4, -0.2) is 0 Å². The first-order chi connectivity index (χ1) is 28.8. The number of para-hydroxylation sites is 4. The Hall–Kier alpha value is -6.12. The Balaban J connectivity index is 1.16. The average Bonchev–Trinajstić information content (AvgIpc) is 3.63. The second kappa shape index (κ2) is 11.8. The van der Waals surface area contributed by atoms with Gasteiger partial charge in [-0.2, -0.15) is 0 Å². The molecule has 294 valence electrons. The van der Waals surface area contributed by atoms with Crippen LogP contribution in [0.1, 0.15) is 101 Å². The fourth-order valence-electron chi connectivity index (χ4n) is 12.7. The molecule has 5 aliphatic carbocycles. The van der Waals surface area contributed by atoms with E-state index in [1.807, 2.05) is 0 Å². The lowest BCUT2D eigenvalue weighted by Gasteiger charge is -2.43. The molecule has 0 amide bonds. The Kier molecular flexibility index (Phi) is 7.03. The number of anilines is 5. The SMILES string of the molecule is CC1(C)C2=C3c4c(c5c6c7c(ccc1c47)C(C)(C)c1cc(N(c4ccccc4)c4ccccc4)cc(c1-6)C5(C)C)C(C)(C)C3CC(N(c1ccccc1)c1ccccc1)=C2. The predicted octanol–water partition coefficient (Wildman–Crippen LogP) is 15.3. The van der Waals surface area contributed by atoms with Crippen LogP contribution < -0.4 is 9.80 Å². The lowest BCUT2D eigenvalue weighted by Crippen LogP contribution is -2.34. The monoisotopic (exact) mass is 776 g/mol. The summed E-state index contributed by atoms with van der Waals surface area (Å²) in [4.78, 5) is 5.00. The van der Waals surface area contributed by atoms with Crippen molar-refractivity contribution in [3.05, 3.63) is 202 Å². The van der Waals surface area contributed by atoms with Gasteiger partial charge in [-0.25, -0.2) is 0 Å². The molecule has 0 saturated heterocycles. The fraction of sp³-hybridized carbons (Fsp3) is 0.241. The number of hydrogen-bond acceptors (Lipinski definition) is 2. The fourth-order valence-corrected chi connectivity index (χ4v) is 12.7. The molecule has 0 heterocycles. The summed E-state index contributed by atoms with van der Waals surface area (Å²) in [5, 5.41) is 3.05. The number of benzene rings is 7. The zero-order valence-corrected chi connectivity index (χ0v) is 36.1. The molecular formula is C58H52N2. The van der Waals surface area contributed by atoms with E-state index in [2.05, 4.69) is 217 Å². The highest BCUT2D eigenvalue weighted by molar-refractivity contribution is 6.17. The summed E-state index contributed by atoms with van der Waals surface area (Å²) in [6.07, 6.45) is 3.58. The molecule has 7 aromatic carbocycles. The molecule has 7 aromatic rings. The van der Waals surface area contributed by atoms with E-state index in [9.17, 15) is 0 Å². The summed E-state index contributed by atoms with van der Waals surface area (Å²) in [5.41, 5.74) is 23.3. The first-order valence-electron chi connectivity index (χ1n) is 22.0. The molecule has 12 rings (SSSR count). The Morgan fingerprint density at radius 3 is 1.38 bits per heavy atom. The molecule has 0 spiro atoms. The predicted molar refractivity (Wildman–Crippen MR) is 253 cm³/mol. The van der Waals surface area contributed by atoms with Crippen LogP contribution in [0.2, 0.25) is 0 Å². The average molecular weight is 777 g/mol. The summed E-state index contributed by atoms with van der Waals surface area (Å²) in [7, 11) is 0. The van der Waals surface area contributed by atoms with Gasteiger partial charge in [0.15, 0.2) is 0 Å². The largest absolute Gasteiger partial charge is 0.314 e. The molecule has 0 radical (unpaired) electrons. The Morgan fingerprint density at radius 1 is 0.417 bits per heavy atom. The maximum atomic E-state index is 2.61. The van der Waals surface area contributed by atoms with E-state index in [1.54, 1.807) is 22.3 Å². The Morgan fingerprint density at radius 2 is 0.867 bits per heavy atom. The maximum Gasteiger partial charge on any atom is 0.0468 e. The highest BCUT2D eigenvalue weighted by Gasteiger charge is 2.57. The molecular weight excluding hydrogens is 725 g/mol. The number of fused-ring (bicyclic) bond motifs is 1. The highest BCUT2D eigenvalue weighted by Crippen LogP contribution is 2.71. The molecule has 1 unspecified atom stereocenters. The molecule has 2 nitrogen and oxygen atoms in total. The van der Waals surface area contributed by atoms with Crippen LogP contribution in [0.5, 0.6) is 0 Å². The van der Waals surface area contributed by atoms with Crippen LogP contribution in [0.3, 0.4) is 0 Å². The lowest BCUT2D eigenvalue weighted by molar-refractivity contribution is 0.396. The van der Waals surface area contributed by atoms with Gasteiger partial charge in [-0.1, -0.05) is 140 Å². The van der Waals surface area contributed by atoms with Crippen molar-refractivity contribution in [3.8, 4) is 11.1 Å². The number of hydrogen-bond donors (Lipinski definition) is 0. The van der Waals surface area contributed by atoms with Crippen LogP contribution in [0.15, 0.2) is 163 Å². The van der Waals surface area contributed by atoms with Gasteiger partial charge in [-0.15, -0.1) is 0 Å². The van der Waals surface area contributed by atoms with E-state index < -0.39 is 0 Å². The van der Waals surface area contributed by atoms with Crippen LogP contribution in [0, 0.1) is 5.92 Å². The summed E-state index contributed by atoms with van der Waals surface area (Å²) >= 11 is 0. The molecule has 0 fully saturated rings. The first kappa shape index (κ1) is 35.8. The lowest BCUT2D eigenvalue weighted by atomic mass is 9.61. The third-order valence-electron chi connectivity index (χ3n) is 15.6. The molecule has 0 saturated carbocycles. The Bertz CT molecular complexity index is 2960. The number of allylic oxidation sites excluding steroid dienone is 4. The highest BCUT2D eigenvalue weighted by atomic mass is 15.2. The quantitative estimate of drug-likeness (QED) is 0.166. The molecule has 60 heavy (non-hydrogen) atoms. The zero-order chi connectivity index (χ0) is 41.1. The number of rotatable bonds is 6. The molecule has 0 bridgehead atoms. The van der Waals surface area contributed by atoms with Gasteiger partial charge in [0.2, 0.25) is 0 Å². The van der Waals surface area contributed by atoms with Gasteiger partial charge >= 0.3 is 0 Å². The van der Waals surface area contributed by atoms with Gasteiger partial charge in [-0.05, 0) is 156 Å². The van der Waals surface area contributed by atoms with E-state index in [0.29, 0.717) is 5.92 Å². The summed E-state index contributed by atoms with van der Waals surface area (Å²) in [5.74, 6) is 0.332. The van der Waals surface area contributed by atoms with E-state index in [1.165, 1.54) is 83.9 Å². The van der Waals surface area contributed by atoms with E-state index >= 15 is 0 Å². The topological polar surface area (TPSA) is 6.48 Å². The van der Waals surface area contributed by atoms with Crippen molar-refractivity contribution in [2.75, 3.05) is 9.80 Å². The maximum absolute atomic E-state index is 2.61. The van der Waals surface area contributed by atoms with Crippen molar-refractivity contribution in [3.63, 3.8) is 0 Å². The van der Waals surface area contributed by atoms with Gasteiger partial charge in [0.1, 0.15) is 0 Å². The molecule has 5 aliphatic rings. The second-order valence-corrected chi connectivity index (χ2v) is 20.2. The Labute approximate surface area is 355 Å². The van der Waals surface area contributed by atoms with Crippen molar-refractivity contribution < 1.29 is 0 Å². The molecule has 0 aliphatic heterocycles. The van der Waals surface area contributed by atoms with E-state index in [-0.39, 0.29) is 21.7 Å². The molecule has 1 atom stereocenters. The smallest absolute Gasteiger partial charge is 0.0468 e. The minimum absolute atomic E-state index is 0.114. The van der Waals surface area contributed by atoms with Gasteiger partial charge < -0.3 is 9.80 Å². The van der Waals surface area contributed by atoms with Crippen molar-refractivity contribution in [2.24, 2.45) is 5.92 Å². The molecule has 0 aromatic heterocycles. The van der Waals surface area contributed by atoms with Crippen LogP contribution in [-0.2, 0) is 21.7 Å². The van der Waals surface area contributed by atoms with Crippen LogP contribution in [0.25, 0.3) is 27.5 Å². The third-order valence-corrected chi connectivity index (χ3v) is 15.6. The van der Waals surface area contributed by atoms with Crippen LogP contribution >= 0.6 is 0 Å². The van der Waals surface area contributed by atoms with Gasteiger partial charge in [-0.3, -0.25) is 0 Å². The molecule has 2 heteroatoms. The van der Waals surface area contributed by atoms with Crippen molar-refractivity contribution in [1.29, 1.82) is 0 Å². The van der Waals surface area contributed by atoms with Crippen molar-refractivity contribution in [2.45, 2.75) is 83.5 Å². The van der Waals surface area contributed by atoms with Crippen molar-refractivity contribution in [1.82, 2.24) is 0 Å². The normalized spacial score (nSPS) is 19.7. The third kappa shape index (κ3) is 4.39. The van der Waals surface area contributed by atoms with E-state index in [0.717, 1.165) is 6.42 Å². The van der Waals surface area contributed by atoms with Crippen molar-refractivity contribution >= 4 is 44.8 Å². The van der Waals surface area contributed by atoms with Gasteiger partial charge in [0.25, 0.3) is 0 Å². The summed E-state index contributed by atoms with van der Waals surface area (Å²) in [6.45, 7) is 20.2.